The summed E-state index contributed by atoms with van der Waals surface area (Å²) in [5.74, 6) is -0.855. The molecule has 2 unspecified atom stereocenters. The first-order valence-corrected chi connectivity index (χ1v) is 4.51. The molecule has 2 rings (SSSR count). The Morgan fingerprint density at radius 1 is 1.47 bits per heavy atom. The third-order valence-electron chi connectivity index (χ3n) is 2.18. The number of carboxylic acids is 1. The Kier molecular flexibility index (Phi) is 2.86. The fraction of sp³-hybridized carbons (Fsp3) is 0.375. The van der Waals surface area contributed by atoms with Crippen molar-refractivity contribution in [3.8, 4) is 0 Å². The Morgan fingerprint density at radius 3 is 3.00 bits per heavy atom. The number of carboxylic acid groups (broad SMARTS) is 1. The Labute approximate surface area is 85.9 Å². The molecule has 0 saturated carbocycles. The van der Waals surface area contributed by atoms with E-state index in [1.165, 1.54) is 0 Å². The standard InChI is InChI=1S/C8H11N5O2/c14-7(15)3-5-8(12-13-11-5)6-4-9-1-2-10-6/h1-2,4-5,8,11-13H,3H2,(H,14,15). The van der Waals surface area contributed by atoms with Gasteiger partial charge in [0.2, 0.25) is 0 Å². The number of hydrogen-bond acceptors (Lipinski definition) is 6. The lowest BCUT2D eigenvalue weighted by Gasteiger charge is -2.14. The van der Waals surface area contributed by atoms with Gasteiger partial charge in [0.1, 0.15) is 0 Å². The van der Waals surface area contributed by atoms with Gasteiger partial charge in [-0.05, 0) is 0 Å². The second kappa shape index (κ2) is 4.30. The van der Waals surface area contributed by atoms with Gasteiger partial charge in [0.25, 0.3) is 0 Å². The van der Waals surface area contributed by atoms with Crippen molar-refractivity contribution in [2.24, 2.45) is 0 Å². The van der Waals surface area contributed by atoms with Crippen molar-refractivity contribution in [1.29, 1.82) is 0 Å². The van der Waals surface area contributed by atoms with E-state index in [-0.39, 0.29) is 18.5 Å². The topological polar surface area (TPSA) is 99.2 Å². The third-order valence-corrected chi connectivity index (χ3v) is 2.18. The molecule has 0 amide bonds. The van der Waals surface area contributed by atoms with Crippen LogP contribution in [0.15, 0.2) is 18.6 Å². The second-order valence-electron chi connectivity index (χ2n) is 3.23. The summed E-state index contributed by atoms with van der Waals surface area (Å²) in [7, 11) is 0. The van der Waals surface area contributed by atoms with E-state index >= 15 is 0 Å². The van der Waals surface area contributed by atoms with E-state index < -0.39 is 5.97 Å². The van der Waals surface area contributed by atoms with Crippen molar-refractivity contribution in [1.82, 2.24) is 26.4 Å². The van der Waals surface area contributed by atoms with Gasteiger partial charge < -0.3 is 5.11 Å². The molecule has 80 valence electrons. The van der Waals surface area contributed by atoms with Crippen LogP contribution in [-0.2, 0) is 4.79 Å². The molecule has 2 heterocycles. The number of hydrogen-bond donors (Lipinski definition) is 4. The predicted octanol–water partition coefficient (Wildman–Crippen LogP) is -1.03. The lowest BCUT2D eigenvalue weighted by Crippen LogP contribution is -2.34. The number of aliphatic carboxylic acids is 1. The first-order valence-electron chi connectivity index (χ1n) is 4.51. The summed E-state index contributed by atoms with van der Waals surface area (Å²) in [6, 6.07) is -0.422. The van der Waals surface area contributed by atoms with E-state index in [2.05, 4.69) is 26.4 Å². The molecule has 0 spiro atoms. The molecule has 1 aromatic rings. The molecule has 0 radical (unpaired) electrons. The van der Waals surface area contributed by atoms with E-state index in [1.54, 1.807) is 18.6 Å². The summed E-state index contributed by atoms with van der Waals surface area (Å²) >= 11 is 0. The summed E-state index contributed by atoms with van der Waals surface area (Å²) in [4.78, 5) is 18.7. The van der Waals surface area contributed by atoms with E-state index in [0.717, 1.165) is 0 Å². The fourth-order valence-electron chi connectivity index (χ4n) is 1.50. The van der Waals surface area contributed by atoms with Crippen LogP contribution in [-0.4, -0.2) is 27.1 Å². The second-order valence-corrected chi connectivity index (χ2v) is 3.23. The highest BCUT2D eigenvalue weighted by atomic mass is 16.4. The lowest BCUT2D eigenvalue weighted by atomic mass is 10.0. The third kappa shape index (κ3) is 2.27. The average Bonchev–Trinajstić information content (AvgIpc) is 2.66. The molecule has 0 bridgehead atoms. The van der Waals surface area contributed by atoms with Gasteiger partial charge in [-0.25, -0.2) is 10.9 Å². The van der Waals surface area contributed by atoms with Gasteiger partial charge in [-0.3, -0.25) is 14.8 Å². The van der Waals surface area contributed by atoms with Crippen LogP contribution in [0.4, 0.5) is 0 Å². The Balaban J connectivity index is 2.11. The van der Waals surface area contributed by atoms with E-state index in [0.29, 0.717) is 5.69 Å². The number of rotatable bonds is 3. The zero-order valence-corrected chi connectivity index (χ0v) is 7.84. The number of hydrazine groups is 2. The molecule has 7 nitrogen and oxygen atoms in total. The van der Waals surface area contributed by atoms with Crippen molar-refractivity contribution in [2.45, 2.75) is 18.5 Å². The van der Waals surface area contributed by atoms with Crippen molar-refractivity contribution < 1.29 is 9.90 Å². The number of carbonyl (C=O) groups is 1. The normalized spacial score (nSPS) is 25.3. The molecule has 2 atom stereocenters. The fourth-order valence-corrected chi connectivity index (χ4v) is 1.50. The number of nitrogens with one attached hydrogen (secondary N) is 3. The van der Waals surface area contributed by atoms with Gasteiger partial charge in [0, 0.05) is 12.4 Å². The molecular formula is C8H11N5O2. The van der Waals surface area contributed by atoms with Crippen LogP contribution in [0.25, 0.3) is 0 Å². The van der Waals surface area contributed by atoms with Crippen LogP contribution in [0.3, 0.4) is 0 Å². The molecule has 0 aliphatic carbocycles. The van der Waals surface area contributed by atoms with Gasteiger partial charge in [-0.2, -0.15) is 5.53 Å². The van der Waals surface area contributed by atoms with Crippen LogP contribution < -0.4 is 16.4 Å². The highest BCUT2D eigenvalue weighted by molar-refractivity contribution is 5.67. The molecule has 0 aromatic carbocycles. The summed E-state index contributed by atoms with van der Waals surface area (Å²) in [5.41, 5.74) is 9.13. The van der Waals surface area contributed by atoms with Crippen LogP contribution >= 0.6 is 0 Å². The summed E-state index contributed by atoms with van der Waals surface area (Å²) in [5, 5.41) is 8.71. The summed E-state index contributed by atoms with van der Waals surface area (Å²) in [6.45, 7) is 0. The molecule has 15 heavy (non-hydrogen) atoms. The summed E-state index contributed by atoms with van der Waals surface area (Å²) < 4.78 is 0. The van der Waals surface area contributed by atoms with E-state index in [9.17, 15) is 4.79 Å². The van der Waals surface area contributed by atoms with Gasteiger partial charge in [0.15, 0.2) is 0 Å². The maximum Gasteiger partial charge on any atom is 0.305 e. The quantitative estimate of drug-likeness (QED) is 0.505. The van der Waals surface area contributed by atoms with E-state index in [4.69, 9.17) is 5.11 Å². The van der Waals surface area contributed by atoms with Gasteiger partial charge >= 0.3 is 5.97 Å². The molecule has 1 aromatic heterocycles. The lowest BCUT2D eigenvalue weighted by molar-refractivity contribution is -0.137. The molecule has 1 aliphatic heterocycles. The van der Waals surface area contributed by atoms with Crippen LogP contribution in [0.1, 0.15) is 18.2 Å². The first kappa shape index (κ1) is 9.97. The summed E-state index contributed by atoms with van der Waals surface area (Å²) in [6.07, 6.45) is 4.78. The maximum absolute atomic E-state index is 10.6. The zero-order chi connectivity index (χ0) is 10.7. The van der Waals surface area contributed by atoms with E-state index in [1.807, 2.05) is 0 Å². The van der Waals surface area contributed by atoms with Crippen molar-refractivity contribution >= 4 is 5.97 Å². The van der Waals surface area contributed by atoms with Gasteiger partial charge in [-0.15, -0.1) is 0 Å². The van der Waals surface area contributed by atoms with Crippen LogP contribution in [0, 0.1) is 0 Å². The molecular weight excluding hydrogens is 198 g/mol. The Morgan fingerprint density at radius 2 is 2.33 bits per heavy atom. The van der Waals surface area contributed by atoms with Gasteiger partial charge in [0.05, 0.1) is 30.4 Å². The Hall–Kier alpha value is -1.57. The monoisotopic (exact) mass is 209 g/mol. The predicted molar refractivity (Wildman–Crippen MR) is 50.2 cm³/mol. The largest absolute Gasteiger partial charge is 0.481 e. The smallest absolute Gasteiger partial charge is 0.305 e. The minimum absolute atomic E-state index is 0.0151. The van der Waals surface area contributed by atoms with Gasteiger partial charge in [-0.1, -0.05) is 0 Å². The first-order chi connectivity index (χ1) is 7.27. The van der Waals surface area contributed by atoms with Crippen molar-refractivity contribution in [3.63, 3.8) is 0 Å². The molecule has 7 heteroatoms. The number of nitrogens with zero attached hydrogens (tertiary/aromatic N) is 2. The average molecular weight is 209 g/mol. The number of aromatic nitrogens is 2. The molecule has 1 fully saturated rings. The SMILES string of the molecule is O=C(O)CC1NNNC1c1cnccn1. The van der Waals surface area contributed by atoms with Crippen molar-refractivity contribution in [2.75, 3.05) is 0 Å². The molecule has 1 aliphatic rings. The molecule has 4 N–H and O–H groups in total. The van der Waals surface area contributed by atoms with Crippen LogP contribution in [0.5, 0.6) is 0 Å². The maximum atomic E-state index is 10.6. The van der Waals surface area contributed by atoms with Crippen molar-refractivity contribution in [3.05, 3.63) is 24.3 Å². The zero-order valence-electron chi connectivity index (χ0n) is 7.84. The highest BCUT2D eigenvalue weighted by Crippen LogP contribution is 2.17. The molecule has 1 saturated heterocycles. The highest BCUT2D eigenvalue weighted by Gasteiger charge is 2.30. The Bertz CT molecular complexity index is 344. The van der Waals surface area contributed by atoms with Crippen LogP contribution in [0.2, 0.25) is 0 Å². The minimum Gasteiger partial charge on any atom is -0.481 e. The minimum atomic E-state index is -0.855.